The topological polar surface area (TPSA) is 55.9 Å². The third-order valence-corrected chi connectivity index (χ3v) is 2.40. The lowest BCUT2D eigenvalue weighted by Crippen LogP contribution is -2.29. The van der Waals surface area contributed by atoms with E-state index in [1.807, 2.05) is 19.3 Å². The number of halogens is 1. The highest BCUT2D eigenvalue weighted by Gasteiger charge is 2.14. The molecule has 0 amide bonds. The van der Waals surface area contributed by atoms with Gasteiger partial charge in [0.25, 0.3) is 0 Å². The van der Waals surface area contributed by atoms with Crippen molar-refractivity contribution in [1.29, 1.82) is 0 Å². The molecular weight excluding hydrogens is 207 g/mol. The molecule has 1 aromatic heterocycles. The average molecular weight is 220 g/mol. The summed E-state index contributed by atoms with van der Waals surface area (Å²) >= 11 is 0. The van der Waals surface area contributed by atoms with Crippen molar-refractivity contribution in [3.8, 4) is 0 Å². The molecule has 16 heavy (non-hydrogen) atoms. The maximum Gasteiger partial charge on any atom is 0.123 e. The Kier molecular flexibility index (Phi) is 2.98. The van der Waals surface area contributed by atoms with Crippen LogP contribution in [0.5, 0.6) is 0 Å². The van der Waals surface area contributed by atoms with Crippen molar-refractivity contribution in [2.75, 3.05) is 0 Å². The molecule has 1 atom stereocenters. The molecule has 0 fully saturated rings. The largest absolute Gasteiger partial charge is 0.275 e. The molecular formula is C11H13FN4. The van der Waals surface area contributed by atoms with Crippen LogP contribution in [0.3, 0.4) is 0 Å². The summed E-state index contributed by atoms with van der Waals surface area (Å²) in [5.41, 5.74) is 4.35. The molecule has 2 aromatic rings. The van der Waals surface area contributed by atoms with E-state index in [9.17, 15) is 4.39 Å². The quantitative estimate of drug-likeness (QED) is 0.602. The van der Waals surface area contributed by atoms with Crippen LogP contribution in [0.25, 0.3) is 0 Å². The summed E-state index contributed by atoms with van der Waals surface area (Å²) in [7, 11) is 1.84. The Morgan fingerprint density at radius 2 is 2.00 bits per heavy atom. The van der Waals surface area contributed by atoms with E-state index in [1.165, 1.54) is 12.1 Å². The number of hydrogen-bond acceptors (Lipinski definition) is 3. The molecule has 4 nitrogen and oxygen atoms in total. The third-order valence-electron chi connectivity index (χ3n) is 2.40. The first kappa shape index (κ1) is 10.8. The fourth-order valence-corrected chi connectivity index (χ4v) is 1.59. The molecule has 0 aliphatic heterocycles. The summed E-state index contributed by atoms with van der Waals surface area (Å²) in [4.78, 5) is 0. The van der Waals surface area contributed by atoms with Crippen LogP contribution in [0.1, 0.15) is 17.3 Å². The van der Waals surface area contributed by atoms with Gasteiger partial charge in [-0.1, -0.05) is 12.1 Å². The van der Waals surface area contributed by atoms with E-state index in [1.54, 1.807) is 16.8 Å². The van der Waals surface area contributed by atoms with E-state index in [4.69, 9.17) is 5.84 Å². The molecule has 0 saturated heterocycles. The van der Waals surface area contributed by atoms with Crippen LogP contribution >= 0.6 is 0 Å². The van der Waals surface area contributed by atoms with Crippen LogP contribution < -0.4 is 11.3 Å². The Hall–Kier alpha value is -1.72. The van der Waals surface area contributed by atoms with Crippen LogP contribution in [0.4, 0.5) is 4.39 Å². The fraction of sp³-hybridized carbons (Fsp3) is 0.182. The highest BCUT2D eigenvalue weighted by Crippen LogP contribution is 2.19. The Balaban J connectivity index is 2.32. The van der Waals surface area contributed by atoms with Gasteiger partial charge in [-0.05, 0) is 23.8 Å². The van der Waals surface area contributed by atoms with E-state index in [2.05, 4.69) is 10.5 Å². The summed E-state index contributed by atoms with van der Waals surface area (Å²) in [6, 6.07) is 7.84. The van der Waals surface area contributed by atoms with E-state index < -0.39 is 0 Å². The first-order chi connectivity index (χ1) is 7.70. The van der Waals surface area contributed by atoms with Gasteiger partial charge >= 0.3 is 0 Å². The van der Waals surface area contributed by atoms with Gasteiger partial charge in [0, 0.05) is 13.2 Å². The van der Waals surface area contributed by atoms with Crippen LogP contribution in [-0.2, 0) is 7.05 Å². The maximum atomic E-state index is 12.8. The van der Waals surface area contributed by atoms with Gasteiger partial charge < -0.3 is 0 Å². The van der Waals surface area contributed by atoms with Gasteiger partial charge in [0.05, 0.1) is 11.7 Å². The molecule has 0 radical (unpaired) electrons. The van der Waals surface area contributed by atoms with Crippen LogP contribution in [0.15, 0.2) is 36.5 Å². The van der Waals surface area contributed by atoms with Crippen LogP contribution in [0, 0.1) is 5.82 Å². The SMILES string of the molecule is Cn1ccc(C(NN)c2ccc(F)cc2)n1. The second-order valence-corrected chi connectivity index (χ2v) is 3.57. The van der Waals surface area contributed by atoms with Crippen molar-refractivity contribution >= 4 is 0 Å². The summed E-state index contributed by atoms with van der Waals surface area (Å²) in [5.74, 6) is 5.23. The normalized spacial score (nSPS) is 12.7. The molecule has 0 bridgehead atoms. The van der Waals surface area contributed by atoms with E-state index in [-0.39, 0.29) is 11.9 Å². The molecule has 0 aliphatic carbocycles. The Bertz CT molecular complexity index is 463. The second-order valence-electron chi connectivity index (χ2n) is 3.57. The molecule has 0 aliphatic rings. The number of hydrogen-bond donors (Lipinski definition) is 2. The lowest BCUT2D eigenvalue weighted by Gasteiger charge is -2.13. The Labute approximate surface area is 92.9 Å². The highest BCUT2D eigenvalue weighted by molar-refractivity contribution is 5.27. The van der Waals surface area contributed by atoms with Gasteiger partial charge in [0.15, 0.2) is 0 Å². The van der Waals surface area contributed by atoms with Crippen molar-refractivity contribution in [1.82, 2.24) is 15.2 Å². The molecule has 84 valence electrons. The minimum Gasteiger partial charge on any atom is -0.275 e. The third kappa shape index (κ3) is 2.10. The van der Waals surface area contributed by atoms with Crippen molar-refractivity contribution < 1.29 is 4.39 Å². The zero-order chi connectivity index (χ0) is 11.5. The number of nitrogens with one attached hydrogen (secondary N) is 1. The first-order valence-electron chi connectivity index (χ1n) is 4.92. The number of nitrogens with two attached hydrogens (primary N) is 1. The van der Waals surface area contributed by atoms with Crippen molar-refractivity contribution in [3.63, 3.8) is 0 Å². The van der Waals surface area contributed by atoms with Crippen molar-refractivity contribution in [2.45, 2.75) is 6.04 Å². The van der Waals surface area contributed by atoms with E-state index in [0.717, 1.165) is 11.3 Å². The van der Waals surface area contributed by atoms with E-state index in [0.29, 0.717) is 0 Å². The zero-order valence-electron chi connectivity index (χ0n) is 8.89. The summed E-state index contributed by atoms with van der Waals surface area (Å²) < 4.78 is 14.5. The summed E-state index contributed by atoms with van der Waals surface area (Å²) in [6.45, 7) is 0. The van der Waals surface area contributed by atoms with Gasteiger partial charge in [0.1, 0.15) is 5.82 Å². The summed E-state index contributed by atoms with van der Waals surface area (Å²) in [5, 5.41) is 4.26. The molecule has 0 saturated carbocycles. The van der Waals surface area contributed by atoms with Crippen LogP contribution in [-0.4, -0.2) is 9.78 Å². The standard InChI is InChI=1S/C11H13FN4/c1-16-7-6-10(15-16)11(14-13)8-2-4-9(12)5-3-8/h2-7,11,14H,13H2,1H3. The molecule has 1 heterocycles. The number of nitrogens with zero attached hydrogens (tertiary/aromatic N) is 2. The van der Waals surface area contributed by atoms with Gasteiger partial charge in [0.2, 0.25) is 0 Å². The predicted octanol–water partition coefficient (Wildman–Crippen LogP) is 1.11. The minimum absolute atomic E-state index is 0.221. The molecule has 1 unspecified atom stereocenters. The molecule has 5 heteroatoms. The second kappa shape index (κ2) is 4.42. The van der Waals surface area contributed by atoms with Gasteiger partial charge in [-0.3, -0.25) is 10.5 Å². The fourth-order valence-electron chi connectivity index (χ4n) is 1.59. The lowest BCUT2D eigenvalue weighted by atomic mass is 10.0. The predicted molar refractivity (Wildman–Crippen MR) is 58.8 cm³/mol. The molecule has 3 N–H and O–H groups in total. The Morgan fingerprint density at radius 1 is 1.31 bits per heavy atom. The van der Waals surface area contributed by atoms with Crippen molar-refractivity contribution in [3.05, 3.63) is 53.6 Å². The zero-order valence-corrected chi connectivity index (χ0v) is 8.89. The monoisotopic (exact) mass is 220 g/mol. The number of benzene rings is 1. The number of aromatic nitrogens is 2. The highest BCUT2D eigenvalue weighted by atomic mass is 19.1. The van der Waals surface area contributed by atoms with Gasteiger partial charge in [-0.2, -0.15) is 5.10 Å². The van der Waals surface area contributed by atoms with Gasteiger partial charge in [-0.25, -0.2) is 9.82 Å². The average Bonchev–Trinajstić information content (AvgIpc) is 2.69. The van der Waals surface area contributed by atoms with E-state index >= 15 is 0 Å². The molecule has 0 spiro atoms. The number of aryl methyl sites for hydroxylation is 1. The summed E-state index contributed by atoms with van der Waals surface area (Å²) in [6.07, 6.45) is 1.84. The smallest absolute Gasteiger partial charge is 0.123 e. The number of rotatable bonds is 3. The van der Waals surface area contributed by atoms with Crippen molar-refractivity contribution in [2.24, 2.45) is 12.9 Å². The van der Waals surface area contributed by atoms with Crippen LogP contribution in [0.2, 0.25) is 0 Å². The number of hydrazine groups is 1. The molecule has 2 rings (SSSR count). The maximum absolute atomic E-state index is 12.8. The van der Waals surface area contributed by atoms with Gasteiger partial charge in [-0.15, -0.1) is 0 Å². The molecule has 1 aromatic carbocycles. The minimum atomic E-state index is -0.263. The Morgan fingerprint density at radius 3 is 2.50 bits per heavy atom. The first-order valence-corrected chi connectivity index (χ1v) is 4.92. The lowest BCUT2D eigenvalue weighted by molar-refractivity contribution is 0.596.